The van der Waals surface area contributed by atoms with Gasteiger partial charge in [0.1, 0.15) is 5.75 Å². The van der Waals surface area contributed by atoms with E-state index in [2.05, 4.69) is 47.2 Å². The summed E-state index contributed by atoms with van der Waals surface area (Å²) in [4.78, 5) is 11.7. The molecule has 0 radical (unpaired) electrons. The molecule has 1 heterocycles. The largest absolute Gasteiger partial charge is 0.494 e. The summed E-state index contributed by atoms with van der Waals surface area (Å²) in [5.74, 6) is 0.671. The Kier molecular flexibility index (Phi) is 5.29. The first kappa shape index (κ1) is 18.1. The van der Waals surface area contributed by atoms with Gasteiger partial charge in [-0.3, -0.25) is 4.79 Å². The van der Waals surface area contributed by atoms with Crippen LogP contribution in [0.5, 0.6) is 5.75 Å². The van der Waals surface area contributed by atoms with Crippen molar-refractivity contribution in [3.05, 3.63) is 78.5 Å². The average molecular weight is 373 g/mol. The maximum absolute atomic E-state index is 11.7. The lowest BCUT2D eigenvalue weighted by Crippen LogP contribution is -2.05. The van der Waals surface area contributed by atoms with E-state index in [9.17, 15) is 4.79 Å². The molecular weight excluding hydrogens is 350 g/mol. The maximum atomic E-state index is 11.7. The molecule has 0 bridgehead atoms. The Hall–Kier alpha value is -3.27. The van der Waals surface area contributed by atoms with Crippen LogP contribution in [0.25, 0.3) is 21.7 Å². The van der Waals surface area contributed by atoms with Crippen molar-refractivity contribution in [1.29, 1.82) is 0 Å². The lowest BCUT2D eigenvalue weighted by atomic mass is 10.1. The molecule has 0 amide bonds. The highest BCUT2D eigenvalue weighted by Crippen LogP contribution is 2.23. The number of hydrogen-bond acceptors (Lipinski definition) is 3. The Morgan fingerprint density at radius 2 is 1.75 bits per heavy atom. The third kappa shape index (κ3) is 3.86. The van der Waals surface area contributed by atoms with Gasteiger partial charge in [0.15, 0.2) is 0 Å². The van der Waals surface area contributed by atoms with Gasteiger partial charge in [0.05, 0.1) is 20.1 Å². The van der Waals surface area contributed by atoms with E-state index in [-0.39, 0.29) is 12.4 Å². The van der Waals surface area contributed by atoms with Gasteiger partial charge in [-0.1, -0.05) is 48.5 Å². The summed E-state index contributed by atoms with van der Waals surface area (Å²) >= 11 is 0. The maximum Gasteiger partial charge on any atom is 0.310 e. The zero-order valence-electron chi connectivity index (χ0n) is 15.9. The van der Waals surface area contributed by atoms with E-state index in [4.69, 9.17) is 9.47 Å². The van der Waals surface area contributed by atoms with Crippen LogP contribution in [0.15, 0.2) is 72.9 Å². The molecular formula is C24H23NO3. The van der Waals surface area contributed by atoms with E-state index in [0.29, 0.717) is 6.61 Å². The molecule has 1 aromatic heterocycles. The molecule has 0 aliphatic carbocycles. The number of aromatic nitrogens is 1. The van der Waals surface area contributed by atoms with Crippen molar-refractivity contribution < 1.29 is 14.3 Å². The van der Waals surface area contributed by atoms with Crippen LogP contribution in [0.3, 0.4) is 0 Å². The molecule has 0 unspecified atom stereocenters. The molecule has 0 fully saturated rings. The lowest BCUT2D eigenvalue weighted by Gasteiger charge is -2.09. The van der Waals surface area contributed by atoms with Gasteiger partial charge in [0.2, 0.25) is 0 Å². The smallest absolute Gasteiger partial charge is 0.310 e. The second kappa shape index (κ2) is 8.17. The molecule has 0 aliphatic heterocycles. The number of para-hydroxylation sites is 1. The Morgan fingerprint density at radius 1 is 0.964 bits per heavy atom. The van der Waals surface area contributed by atoms with Crippen molar-refractivity contribution in [3.8, 4) is 5.75 Å². The zero-order valence-corrected chi connectivity index (χ0v) is 15.9. The number of carbonyl (C=O) groups is 1. The van der Waals surface area contributed by atoms with Gasteiger partial charge in [-0.05, 0) is 41.0 Å². The topological polar surface area (TPSA) is 40.5 Å². The summed E-state index contributed by atoms with van der Waals surface area (Å²) in [5.41, 5.74) is 2.13. The number of nitrogens with zero attached hydrogens (tertiary/aromatic N) is 1. The highest BCUT2D eigenvalue weighted by atomic mass is 16.5. The van der Waals surface area contributed by atoms with Gasteiger partial charge in [0.25, 0.3) is 0 Å². The van der Waals surface area contributed by atoms with Crippen molar-refractivity contribution in [2.24, 2.45) is 0 Å². The SMILES string of the molecule is COC(=O)Cc1cn(CCCOc2ccc3ccccc3c2)c2ccccc12. The second-order valence-electron chi connectivity index (χ2n) is 6.83. The zero-order chi connectivity index (χ0) is 19.3. The summed E-state index contributed by atoms with van der Waals surface area (Å²) in [6.45, 7) is 1.46. The number of rotatable bonds is 7. The molecule has 4 aromatic rings. The van der Waals surface area contributed by atoms with Gasteiger partial charge in [-0.2, -0.15) is 0 Å². The van der Waals surface area contributed by atoms with E-state index in [0.717, 1.165) is 35.2 Å². The molecule has 0 N–H and O–H groups in total. The van der Waals surface area contributed by atoms with Crippen molar-refractivity contribution in [1.82, 2.24) is 4.57 Å². The highest BCUT2D eigenvalue weighted by molar-refractivity contribution is 5.88. The van der Waals surface area contributed by atoms with Crippen LogP contribution in [-0.4, -0.2) is 24.3 Å². The molecule has 0 spiro atoms. The van der Waals surface area contributed by atoms with Crippen LogP contribution in [0.4, 0.5) is 0 Å². The number of ether oxygens (including phenoxy) is 2. The van der Waals surface area contributed by atoms with Crippen molar-refractivity contribution in [2.45, 2.75) is 19.4 Å². The number of hydrogen-bond donors (Lipinski definition) is 0. The van der Waals surface area contributed by atoms with Gasteiger partial charge in [-0.15, -0.1) is 0 Å². The molecule has 3 aromatic carbocycles. The Labute approximate surface area is 164 Å². The predicted octanol–water partition coefficient (Wildman–Crippen LogP) is 4.98. The Balaban J connectivity index is 1.41. The van der Waals surface area contributed by atoms with Crippen molar-refractivity contribution in [3.63, 3.8) is 0 Å². The van der Waals surface area contributed by atoms with Gasteiger partial charge >= 0.3 is 5.97 Å². The fraction of sp³-hybridized carbons (Fsp3) is 0.208. The minimum atomic E-state index is -0.220. The number of aryl methyl sites for hydroxylation is 1. The second-order valence-corrected chi connectivity index (χ2v) is 6.83. The first-order valence-corrected chi connectivity index (χ1v) is 9.50. The third-order valence-electron chi connectivity index (χ3n) is 4.97. The number of fused-ring (bicyclic) bond motifs is 2. The average Bonchev–Trinajstić information content (AvgIpc) is 3.08. The van der Waals surface area contributed by atoms with E-state index in [1.807, 2.05) is 30.3 Å². The van der Waals surface area contributed by atoms with Crippen molar-refractivity contribution in [2.75, 3.05) is 13.7 Å². The molecule has 0 atom stereocenters. The first-order valence-electron chi connectivity index (χ1n) is 9.50. The summed E-state index contributed by atoms with van der Waals surface area (Å²) < 4.78 is 13.0. The van der Waals surface area contributed by atoms with Crippen molar-refractivity contribution >= 4 is 27.6 Å². The fourth-order valence-electron chi connectivity index (χ4n) is 3.56. The number of benzene rings is 3. The summed E-state index contributed by atoms with van der Waals surface area (Å²) in [6, 6.07) is 22.6. The monoisotopic (exact) mass is 373 g/mol. The number of carbonyl (C=O) groups excluding carboxylic acids is 1. The van der Waals surface area contributed by atoms with E-state index >= 15 is 0 Å². The predicted molar refractivity (Wildman–Crippen MR) is 112 cm³/mol. The molecule has 142 valence electrons. The van der Waals surface area contributed by atoms with Gasteiger partial charge in [-0.25, -0.2) is 0 Å². The number of esters is 1. The summed E-state index contributed by atoms with van der Waals surface area (Å²) in [6.07, 6.45) is 3.22. The first-order chi connectivity index (χ1) is 13.7. The molecule has 4 rings (SSSR count). The molecule has 0 saturated carbocycles. The van der Waals surface area contributed by atoms with Crippen LogP contribution in [0, 0.1) is 0 Å². The Bertz CT molecular complexity index is 1110. The summed E-state index contributed by atoms with van der Waals surface area (Å²) in [7, 11) is 1.42. The van der Waals surface area contributed by atoms with Crippen LogP contribution in [-0.2, 0) is 22.5 Å². The molecule has 0 saturated heterocycles. The highest BCUT2D eigenvalue weighted by Gasteiger charge is 2.11. The molecule has 28 heavy (non-hydrogen) atoms. The fourth-order valence-corrected chi connectivity index (χ4v) is 3.56. The van der Waals surface area contributed by atoms with Crippen LogP contribution in [0.1, 0.15) is 12.0 Å². The molecule has 4 nitrogen and oxygen atoms in total. The normalized spacial score (nSPS) is 11.0. The lowest BCUT2D eigenvalue weighted by molar-refractivity contribution is -0.139. The van der Waals surface area contributed by atoms with Crippen LogP contribution in [0.2, 0.25) is 0 Å². The minimum Gasteiger partial charge on any atom is -0.494 e. The van der Waals surface area contributed by atoms with Gasteiger partial charge < -0.3 is 14.0 Å². The quantitative estimate of drug-likeness (QED) is 0.339. The van der Waals surface area contributed by atoms with Crippen LogP contribution >= 0.6 is 0 Å². The Morgan fingerprint density at radius 3 is 2.61 bits per heavy atom. The standard InChI is InChI=1S/C24H23NO3/c1-27-24(26)16-20-17-25(23-10-5-4-9-22(20)23)13-6-14-28-21-12-11-18-7-2-3-8-19(18)15-21/h2-5,7-12,15,17H,6,13-14,16H2,1H3. The van der Waals surface area contributed by atoms with Crippen LogP contribution < -0.4 is 4.74 Å². The van der Waals surface area contributed by atoms with E-state index in [1.54, 1.807) is 0 Å². The minimum absolute atomic E-state index is 0.220. The third-order valence-corrected chi connectivity index (χ3v) is 4.97. The summed E-state index contributed by atoms with van der Waals surface area (Å²) in [5, 5.41) is 3.50. The van der Waals surface area contributed by atoms with E-state index in [1.165, 1.54) is 17.9 Å². The van der Waals surface area contributed by atoms with Gasteiger partial charge in [0, 0.05) is 23.6 Å². The number of methoxy groups -OCH3 is 1. The molecule has 0 aliphatic rings. The van der Waals surface area contributed by atoms with E-state index < -0.39 is 0 Å². The molecule has 4 heteroatoms.